The van der Waals surface area contributed by atoms with Crippen LogP contribution >= 0.6 is 0 Å². The number of rotatable bonds is 6. The Labute approximate surface area is 124 Å². The van der Waals surface area contributed by atoms with Gasteiger partial charge in [0.25, 0.3) is 0 Å². The van der Waals surface area contributed by atoms with Gasteiger partial charge in [0.15, 0.2) is 0 Å². The van der Waals surface area contributed by atoms with Crippen molar-refractivity contribution in [2.45, 2.75) is 64.4 Å². The summed E-state index contributed by atoms with van der Waals surface area (Å²) >= 11 is 0. The summed E-state index contributed by atoms with van der Waals surface area (Å²) in [5, 5.41) is 13.2. The van der Waals surface area contributed by atoms with E-state index in [2.05, 4.69) is 10.1 Å². The molecule has 0 spiro atoms. The van der Waals surface area contributed by atoms with Gasteiger partial charge in [0.2, 0.25) is 11.7 Å². The van der Waals surface area contributed by atoms with Crippen LogP contribution in [-0.4, -0.2) is 28.3 Å². The van der Waals surface area contributed by atoms with Gasteiger partial charge in [-0.05, 0) is 32.1 Å². The number of aliphatic carboxylic acids is 1. The summed E-state index contributed by atoms with van der Waals surface area (Å²) in [5.74, 6) is 0.258. The van der Waals surface area contributed by atoms with E-state index in [0.717, 1.165) is 25.7 Å². The van der Waals surface area contributed by atoms with Crippen molar-refractivity contribution in [2.24, 2.45) is 5.41 Å². The SMILES string of the molecule is COC(C)(C)c1noc(CC2(CC(=O)O)CCCCC2)n1. The van der Waals surface area contributed by atoms with Gasteiger partial charge in [-0.2, -0.15) is 4.98 Å². The molecular formula is C15H24N2O4. The second-order valence-corrected chi connectivity index (χ2v) is 6.53. The molecule has 6 nitrogen and oxygen atoms in total. The largest absolute Gasteiger partial charge is 0.481 e. The van der Waals surface area contributed by atoms with Gasteiger partial charge in [0.05, 0.1) is 6.42 Å². The van der Waals surface area contributed by atoms with Crippen molar-refractivity contribution >= 4 is 5.97 Å². The van der Waals surface area contributed by atoms with Crippen molar-refractivity contribution in [1.82, 2.24) is 10.1 Å². The molecule has 0 bridgehead atoms. The molecule has 1 aliphatic carbocycles. The molecule has 1 heterocycles. The van der Waals surface area contributed by atoms with E-state index in [1.54, 1.807) is 7.11 Å². The Balaban J connectivity index is 2.15. The topological polar surface area (TPSA) is 85.5 Å². The van der Waals surface area contributed by atoms with Gasteiger partial charge >= 0.3 is 5.97 Å². The Morgan fingerprint density at radius 1 is 1.38 bits per heavy atom. The summed E-state index contributed by atoms with van der Waals surface area (Å²) in [6.07, 6.45) is 5.82. The lowest BCUT2D eigenvalue weighted by molar-refractivity contribution is -0.140. The quantitative estimate of drug-likeness (QED) is 0.868. The van der Waals surface area contributed by atoms with Crippen LogP contribution in [0, 0.1) is 5.41 Å². The fourth-order valence-corrected chi connectivity index (χ4v) is 3.02. The van der Waals surface area contributed by atoms with Crippen molar-refractivity contribution in [3.63, 3.8) is 0 Å². The standard InChI is InChI=1S/C15H24N2O4/c1-14(2,20-3)13-16-11(21-17-13)9-15(10-12(18)19)7-5-4-6-8-15/h4-10H2,1-3H3,(H,18,19). The number of hydrogen-bond donors (Lipinski definition) is 1. The molecule has 0 radical (unpaired) electrons. The maximum Gasteiger partial charge on any atom is 0.303 e. The van der Waals surface area contributed by atoms with Crippen LogP contribution in [0.4, 0.5) is 0 Å². The first kappa shape index (κ1) is 15.9. The van der Waals surface area contributed by atoms with Crippen LogP contribution in [0.2, 0.25) is 0 Å². The highest BCUT2D eigenvalue weighted by Gasteiger charge is 2.37. The predicted molar refractivity (Wildman–Crippen MR) is 75.8 cm³/mol. The maximum absolute atomic E-state index is 11.2. The van der Waals surface area contributed by atoms with Crippen molar-refractivity contribution < 1.29 is 19.2 Å². The predicted octanol–water partition coefficient (Wildman–Crippen LogP) is 2.92. The molecule has 6 heteroatoms. The molecule has 118 valence electrons. The molecule has 2 rings (SSSR count). The Morgan fingerprint density at radius 2 is 2.05 bits per heavy atom. The second-order valence-electron chi connectivity index (χ2n) is 6.53. The van der Waals surface area contributed by atoms with E-state index in [-0.39, 0.29) is 11.8 Å². The summed E-state index contributed by atoms with van der Waals surface area (Å²) in [7, 11) is 1.60. The highest BCUT2D eigenvalue weighted by Crippen LogP contribution is 2.42. The molecule has 0 amide bonds. The number of carboxylic acids is 1. The molecule has 0 atom stereocenters. The zero-order chi connectivity index (χ0) is 15.5. The van der Waals surface area contributed by atoms with E-state index < -0.39 is 11.6 Å². The Morgan fingerprint density at radius 3 is 2.62 bits per heavy atom. The number of carbonyl (C=O) groups is 1. The first-order valence-corrected chi connectivity index (χ1v) is 7.47. The van der Waals surface area contributed by atoms with Gasteiger partial charge in [-0.3, -0.25) is 4.79 Å². The first-order valence-electron chi connectivity index (χ1n) is 7.47. The summed E-state index contributed by atoms with van der Waals surface area (Å²) < 4.78 is 10.7. The minimum absolute atomic E-state index is 0.165. The summed E-state index contributed by atoms with van der Waals surface area (Å²) in [5.41, 5.74) is -0.848. The van der Waals surface area contributed by atoms with E-state index >= 15 is 0 Å². The van der Waals surface area contributed by atoms with E-state index in [4.69, 9.17) is 9.26 Å². The zero-order valence-corrected chi connectivity index (χ0v) is 13.0. The van der Waals surface area contributed by atoms with Crippen LogP contribution in [0.1, 0.15) is 64.1 Å². The van der Waals surface area contributed by atoms with E-state index in [1.165, 1.54) is 6.42 Å². The van der Waals surface area contributed by atoms with Crippen LogP contribution < -0.4 is 0 Å². The lowest BCUT2D eigenvalue weighted by atomic mass is 9.69. The molecule has 1 aliphatic rings. The van der Waals surface area contributed by atoms with Crippen LogP contribution in [0.5, 0.6) is 0 Å². The molecule has 1 fully saturated rings. The molecule has 1 aromatic heterocycles. The number of nitrogens with zero attached hydrogens (tertiary/aromatic N) is 2. The van der Waals surface area contributed by atoms with Gasteiger partial charge in [0.1, 0.15) is 5.60 Å². The van der Waals surface area contributed by atoms with E-state index in [9.17, 15) is 9.90 Å². The van der Waals surface area contributed by atoms with Crippen LogP contribution in [0.3, 0.4) is 0 Å². The number of aromatic nitrogens is 2. The Kier molecular flexibility index (Phi) is 4.66. The van der Waals surface area contributed by atoms with Gasteiger partial charge in [0, 0.05) is 13.5 Å². The number of hydrogen-bond acceptors (Lipinski definition) is 5. The highest BCUT2D eigenvalue weighted by molar-refractivity contribution is 5.67. The van der Waals surface area contributed by atoms with Crippen LogP contribution in [-0.2, 0) is 21.6 Å². The third-order valence-corrected chi connectivity index (χ3v) is 4.48. The lowest BCUT2D eigenvalue weighted by Gasteiger charge is -2.34. The normalized spacial score (nSPS) is 18.6. The molecular weight excluding hydrogens is 272 g/mol. The molecule has 0 saturated heterocycles. The summed E-state index contributed by atoms with van der Waals surface area (Å²) in [4.78, 5) is 15.6. The number of carboxylic acid groups (broad SMARTS) is 1. The van der Waals surface area contributed by atoms with Gasteiger partial charge in [-0.1, -0.05) is 24.4 Å². The van der Waals surface area contributed by atoms with E-state index in [0.29, 0.717) is 18.1 Å². The third-order valence-electron chi connectivity index (χ3n) is 4.48. The van der Waals surface area contributed by atoms with Crippen LogP contribution in [0.25, 0.3) is 0 Å². The van der Waals surface area contributed by atoms with Crippen molar-refractivity contribution in [3.05, 3.63) is 11.7 Å². The van der Waals surface area contributed by atoms with E-state index in [1.807, 2.05) is 13.8 Å². The summed E-state index contributed by atoms with van der Waals surface area (Å²) in [6, 6.07) is 0. The first-order chi connectivity index (χ1) is 9.87. The number of ether oxygens (including phenoxy) is 1. The molecule has 1 saturated carbocycles. The molecule has 0 aliphatic heterocycles. The molecule has 0 aromatic carbocycles. The van der Waals surface area contributed by atoms with Crippen molar-refractivity contribution in [1.29, 1.82) is 0 Å². The van der Waals surface area contributed by atoms with Crippen LogP contribution in [0.15, 0.2) is 4.52 Å². The third kappa shape index (κ3) is 3.81. The average Bonchev–Trinajstić information content (AvgIpc) is 2.87. The summed E-state index contributed by atoms with van der Waals surface area (Å²) in [6.45, 7) is 3.74. The average molecular weight is 296 g/mol. The van der Waals surface area contributed by atoms with Crippen molar-refractivity contribution in [3.8, 4) is 0 Å². The molecule has 1 N–H and O–H groups in total. The minimum atomic E-state index is -0.756. The van der Waals surface area contributed by atoms with Gasteiger partial charge < -0.3 is 14.4 Å². The number of methoxy groups -OCH3 is 1. The maximum atomic E-state index is 11.2. The second kappa shape index (κ2) is 6.13. The molecule has 0 unspecified atom stereocenters. The Bertz CT molecular complexity index is 490. The fraction of sp³-hybridized carbons (Fsp3) is 0.800. The minimum Gasteiger partial charge on any atom is -0.481 e. The highest BCUT2D eigenvalue weighted by atomic mass is 16.5. The fourth-order valence-electron chi connectivity index (χ4n) is 3.02. The van der Waals surface area contributed by atoms with Gasteiger partial charge in [-0.25, -0.2) is 0 Å². The zero-order valence-electron chi connectivity index (χ0n) is 13.0. The monoisotopic (exact) mass is 296 g/mol. The smallest absolute Gasteiger partial charge is 0.303 e. The molecule has 1 aromatic rings. The van der Waals surface area contributed by atoms with Crippen molar-refractivity contribution in [2.75, 3.05) is 7.11 Å². The van der Waals surface area contributed by atoms with Gasteiger partial charge in [-0.15, -0.1) is 0 Å². The Hall–Kier alpha value is -1.43. The molecule has 21 heavy (non-hydrogen) atoms. The lowest BCUT2D eigenvalue weighted by Crippen LogP contribution is -2.30.